The van der Waals surface area contributed by atoms with Crippen LogP contribution >= 0.6 is 22.7 Å². The van der Waals surface area contributed by atoms with Crippen molar-refractivity contribution in [2.75, 3.05) is 0 Å². The van der Waals surface area contributed by atoms with Gasteiger partial charge < -0.3 is 0 Å². The molecule has 172 valence electrons. The molecule has 2 aromatic carbocycles. The van der Waals surface area contributed by atoms with Crippen LogP contribution in [0.4, 0.5) is 8.78 Å². The molecule has 6 heteroatoms. The van der Waals surface area contributed by atoms with E-state index in [4.69, 9.17) is 0 Å². The van der Waals surface area contributed by atoms with Gasteiger partial charge in [-0.05, 0) is 0 Å². The van der Waals surface area contributed by atoms with Crippen molar-refractivity contribution in [3.05, 3.63) is 81.0 Å². The van der Waals surface area contributed by atoms with Gasteiger partial charge in [0, 0.05) is 0 Å². The number of hydrogen-bond donors (Lipinski definition) is 0. The molecule has 0 bridgehead atoms. The SMILES string of the molecule is [CH3][Sn]([CH3])([CH3])[c]1cc2c(s1)/C(=C1/c3ccc(F)cc3-c3c[c]([Sn]([CH3])([CH3])[CH3])sc31)c1ccc(F)cc1-2. The van der Waals surface area contributed by atoms with Gasteiger partial charge in [0.25, 0.3) is 0 Å². The third-order valence-corrected chi connectivity index (χ3v) is 27.9. The van der Waals surface area contributed by atoms with Gasteiger partial charge in [0.15, 0.2) is 0 Å². The average molecular weight is 702 g/mol. The standard InChI is InChI=1S/C22H8F2S2.6CH3.2Sn/c23-11-1-3-13-17(9-11)15-5-7-25-21(15)19(13)20-14-4-2-12(24)10-18(14)16-6-8-26-22(16)20;;;;;;;;/h1-6,9-10H;6*1H3;;/b20-19-;;;;;;;;. The van der Waals surface area contributed by atoms with Crippen molar-refractivity contribution in [3.8, 4) is 22.3 Å². The molecule has 4 aromatic rings. The van der Waals surface area contributed by atoms with Crippen molar-refractivity contribution < 1.29 is 8.78 Å². The maximum absolute atomic E-state index is 14.4. The van der Waals surface area contributed by atoms with Crippen LogP contribution in [0.3, 0.4) is 0 Å². The second-order valence-electron chi connectivity index (χ2n) is 11.3. The second kappa shape index (κ2) is 7.77. The second-order valence-corrected chi connectivity index (χ2v) is 44.3. The third kappa shape index (κ3) is 3.53. The van der Waals surface area contributed by atoms with Crippen molar-refractivity contribution in [2.24, 2.45) is 0 Å². The van der Waals surface area contributed by atoms with E-state index in [1.807, 2.05) is 34.8 Å². The molecule has 0 nitrogen and oxygen atoms in total. The Morgan fingerprint density at radius 3 is 1.24 bits per heavy atom. The van der Waals surface area contributed by atoms with Crippen LogP contribution < -0.4 is 5.79 Å². The first kappa shape index (κ1) is 23.4. The van der Waals surface area contributed by atoms with Gasteiger partial charge in [-0.1, -0.05) is 0 Å². The molecule has 2 aliphatic carbocycles. The monoisotopic (exact) mass is 704 g/mol. The van der Waals surface area contributed by atoms with Gasteiger partial charge in [0.1, 0.15) is 0 Å². The molecule has 0 atom stereocenters. The van der Waals surface area contributed by atoms with E-state index in [2.05, 4.69) is 41.8 Å². The van der Waals surface area contributed by atoms with Gasteiger partial charge in [0.2, 0.25) is 0 Å². The van der Waals surface area contributed by atoms with Crippen molar-refractivity contribution in [3.63, 3.8) is 0 Å². The Bertz CT molecular complexity index is 1430. The molecule has 0 fully saturated rings. The molecule has 0 unspecified atom stereocenters. The fourth-order valence-corrected chi connectivity index (χ4v) is 17.8. The van der Waals surface area contributed by atoms with Crippen LogP contribution in [0.15, 0.2) is 48.5 Å². The summed E-state index contributed by atoms with van der Waals surface area (Å²) < 4.78 is 31.9. The first-order valence-corrected chi connectivity index (χ1v) is 33.2. The Labute approximate surface area is 216 Å². The Balaban J connectivity index is 1.74. The number of fused-ring (bicyclic) bond motifs is 6. The Morgan fingerprint density at radius 1 is 0.500 bits per heavy atom. The summed E-state index contributed by atoms with van der Waals surface area (Å²) in [7, 11) is 0. The molecular weight excluding hydrogens is 676 g/mol. The summed E-state index contributed by atoms with van der Waals surface area (Å²) >= 11 is -0.847. The van der Waals surface area contributed by atoms with Gasteiger partial charge >= 0.3 is 218 Å². The van der Waals surface area contributed by atoms with Crippen LogP contribution in [-0.4, -0.2) is 36.8 Å². The predicted molar refractivity (Wildman–Crippen MR) is 150 cm³/mol. The minimum atomic E-state index is -2.33. The Morgan fingerprint density at radius 2 is 0.882 bits per heavy atom. The molecule has 0 N–H and O–H groups in total. The predicted octanol–water partition coefficient (Wildman–Crippen LogP) is 8.15. The van der Waals surface area contributed by atoms with Crippen LogP contribution in [0.5, 0.6) is 0 Å². The van der Waals surface area contributed by atoms with E-state index in [1.165, 1.54) is 37.8 Å². The molecular formula is C28H26F2S2Sn2. The van der Waals surface area contributed by atoms with Gasteiger partial charge in [-0.25, -0.2) is 0 Å². The van der Waals surface area contributed by atoms with Gasteiger partial charge in [-0.15, -0.1) is 0 Å². The summed E-state index contributed by atoms with van der Waals surface area (Å²) in [6, 6.07) is 15.1. The van der Waals surface area contributed by atoms with E-state index in [-0.39, 0.29) is 11.6 Å². The molecule has 0 aliphatic heterocycles. The first-order valence-electron chi connectivity index (χ1n) is 11.6. The summed E-state index contributed by atoms with van der Waals surface area (Å²) in [6.07, 6.45) is 0. The zero-order valence-corrected chi connectivity index (χ0v) is 27.5. The normalized spacial score (nSPS) is 16.5. The zero-order chi connectivity index (χ0) is 24.2. The van der Waals surface area contributed by atoms with Crippen molar-refractivity contribution in [1.29, 1.82) is 0 Å². The summed E-state index contributed by atoms with van der Waals surface area (Å²) in [5.74, 6) is -0.393. The van der Waals surface area contributed by atoms with Crippen LogP contribution in [0.1, 0.15) is 20.9 Å². The number of rotatable bonds is 2. The molecule has 2 aliphatic rings. The van der Waals surface area contributed by atoms with Crippen LogP contribution in [0.2, 0.25) is 29.6 Å². The maximum atomic E-state index is 14.4. The minimum absolute atomic E-state index is 0.197. The molecule has 0 spiro atoms. The van der Waals surface area contributed by atoms with Gasteiger partial charge in [-0.3, -0.25) is 0 Å². The van der Waals surface area contributed by atoms with Gasteiger partial charge in [-0.2, -0.15) is 0 Å². The fourth-order valence-electron chi connectivity index (χ4n) is 4.95. The zero-order valence-electron chi connectivity index (χ0n) is 20.2. The summed E-state index contributed by atoms with van der Waals surface area (Å²) in [6.45, 7) is 0. The number of thiophene rings is 2. The van der Waals surface area contributed by atoms with E-state index in [0.717, 1.165) is 22.3 Å². The van der Waals surface area contributed by atoms with Gasteiger partial charge in [0.05, 0.1) is 0 Å². The quantitative estimate of drug-likeness (QED) is 0.160. The molecule has 2 aromatic heterocycles. The van der Waals surface area contributed by atoms with Crippen LogP contribution in [0, 0.1) is 11.6 Å². The molecule has 34 heavy (non-hydrogen) atoms. The summed E-state index contributed by atoms with van der Waals surface area (Å²) in [5, 5.41) is 0. The molecule has 2 heterocycles. The van der Waals surface area contributed by atoms with Crippen molar-refractivity contribution in [1.82, 2.24) is 0 Å². The average Bonchev–Trinajstić information content (AvgIpc) is 3.46. The van der Waals surface area contributed by atoms with E-state index in [9.17, 15) is 8.78 Å². The van der Waals surface area contributed by atoms with Crippen molar-refractivity contribution >= 4 is 76.4 Å². The molecule has 0 amide bonds. The molecule has 0 saturated carbocycles. The van der Waals surface area contributed by atoms with E-state index in [1.54, 1.807) is 24.3 Å². The Hall–Kier alpha value is -0.963. The summed E-state index contributed by atoms with van der Waals surface area (Å²) in [5.41, 5.74) is 8.97. The van der Waals surface area contributed by atoms with Crippen molar-refractivity contribution in [2.45, 2.75) is 29.6 Å². The van der Waals surface area contributed by atoms with E-state index in [0.29, 0.717) is 0 Å². The topological polar surface area (TPSA) is 0 Å². The molecule has 0 saturated heterocycles. The fraction of sp³-hybridized carbons (Fsp3) is 0.214. The molecule has 0 radical (unpaired) electrons. The van der Waals surface area contributed by atoms with E-state index < -0.39 is 36.8 Å². The third-order valence-electron chi connectivity index (χ3n) is 6.73. The molecule has 6 rings (SSSR count). The Kier molecular flexibility index (Phi) is 5.35. The number of hydrogen-bond acceptors (Lipinski definition) is 2. The number of halogens is 2. The van der Waals surface area contributed by atoms with Crippen LogP contribution in [-0.2, 0) is 0 Å². The number of benzene rings is 2. The van der Waals surface area contributed by atoms with E-state index >= 15 is 0 Å². The van der Waals surface area contributed by atoms with Crippen LogP contribution in [0.25, 0.3) is 33.4 Å². The first-order chi connectivity index (χ1) is 15.9. The summed E-state index contributed by atoms with van der Waals surface area (Å²) in [4.78, 5) is 17.1.